The highest BCUT2D eigenvalue weighted by molar-refractivity contribution is 8.00. The fourth-order valence-corrected chi connectivity index (χ4v) is 2.92. The molecule has 90 valence electrons. The molecule has 1 aromatic heterocycles. The van der Waals surface area contributed by atoms with Gasteiger partial charge in [0.25, 0.3) is 0 Å². The summed E-state index contributed by atoms with van der Waals surface area (Å²) in [6.07, 6.45) is 5.84. The van der Waals surface area contributed by atoms with Crippen molar-refractivity contribution in [2.24, 2.45) is 5.92 Å². The number of nitrogens with one attached hydrogen (secondary N) is 1. The van der Waals surface area contributed by atoms with E-state index in [4.69, 9.17) is 0 Å². The number of hydrogen-bond acceptors (Lipinski definition) is 5. The summed E-state index contributed by atoms with van der Waals surface area (Å²) < 4.78 is 4.85. The lowest BCUT2D eigenvalue weighted by molar-refractivity contribution is 0.627. The summed E-state index contributed by atoms with van der Waals surface area (Å²) in [4.78, 5) is 4.50. The van der Waals surface area contributed by atoms with Crippen molar-refractivity contribution < 1.29 is 0 Å². The normalized spacial score (nSPS) is 17.8. The molecule has 0 aliphatic heterocycles. The Morgan fingerprint density at radius 2 is 2.25 bits per heavy atom. The quantitative estimate of drug-likeness (QED) is 0.850. The second-order valence-corrected chi connectivity index (χ2v) is 6.88. The molecule has 0 unspecified atom stereocenters. The molecule has 1 N–H and O–H groups in total. The molecule has 1 aliphatic rings. The zero-order valence-electron chi connectivity index (χ0n) is 10.1. The van der Waals surface area contributed by atoms with Crippen LogP contribution in [-0.4, -0.2) is 26.9 Å². The average Bonchev–Trinajstić information content (AvgIpc) is 2.90. The van der Waals surface area contributed by atoms with E-state index < -0.39 is 0 Å². The van der Waals surface area contributed by atoms with Crippen molar-refractivity contribution in [3.63, 3.8) is 0 Å². The number of rotatable bonds is 6. The first kappa shape index (κ1) is 12.2. The molecule has 0 amide bonds. The summed E-state index contributed by atoms with van der Waals surface area (Å²) in [5.74, 6) is 1.61. The van der Waals surface area contributed by atoms with Crippen molar-refractivity contribution in [2.75, 3.05) is 18.1 Å². The Kier molecular flexibility index (Phi) is 3.74. The van der Waals surface area contributed by atoms with Gasteiger partial charge in [-0.1, -0.05) is 13.8 Å². The fraction of sp³-hybridized carbons (Fsp3) is 0.818. The zero-order valence-corrected chi connectivity index (χ0v) is 11.7. The molecule has 1 aliphatic carbocycles. The molecule has 1 saturated carbocycles. The van der Waals surface area contributed by atoms with E-state index in [1.54, 1.807) is 0 Å². The van der Waals surface area contributed by atoms with Crippen LogP contribution >= 0.6 is 23.3 Å². The molecule has 5 heteroatoms. The van der Waals surface area contributed by atoms with Crippen LogP contribution in [0.4, 0.5) is 5.13 Å². The van der Waals surface area contributed by atoms with Crippen LogP contribution < -0.4 is 5.32 Å². The maximum absolute atomic E-state index is 4.50. The van der Waals surface area contributed by atoms with E-state index >= 15 is 0 Å². The summed E-state index contributed by atoms with van der Waals surface area (Å²) in [7, 11) is 0. The molecular weight excluding hydrogens is 238 g/mol. The van der Waals surface area contributed by atoms with Crippen molar-refractivity contribution >= 4 is 28.4 Å². The van der Waals surface area contributed by atoms with Gasteiger partial charge < -0.3 is 5.32 Å². The second-order valence-electron chi connectivity index (χ2n) is 4.85. The first-order valence-electron chi connectivity index (χ1n) is 5.75. The topological polar surface area (TPSA) is 37.8 Å². The van der Waals surface area contributed by atoms with Crippen LogP contribution in [0.3, 0.4) is 0 Å². The first-order valence-corrected chi connectivity index (χ1v) is 7.75. The highest BCUT2D eigenvalue weighted by atomic mass is 32.2. The third kappa shape index (κ3) is 3.10. The predicted molar refractivity (Wildman–Crippen MR) is 72.4 cm³/mol. The van der Waals surface area contributed by atoms with Crippen LogP contribution in [0.2, 0.25) is 0 Å². The minimum atomic E-state index is 0.490. The van der Waals surface area contributed by atoms with Crippen LogP contribution in [0, 0.1) is 5.92 Å². The number of hydrogen-bond donors (Lipinski definition) is 1. The van der Waals surface area contributed by atoms with Crippen molar-refractivity contribution in [1.29, 1.82) is 0 Å². The fourth-order valence-electron chi connectivity index (χ4n) is 1.60. The predicted octanol–water partition coefficient (Wildman–Crippen LogP) is 3.04. The summed E-state index contributed by atoms with van der Waals surface area (Å²) in [6.45, 7) is 5.42. The Morgan fingerprint density at radius 3 is 2.81 bits per heavy atom. The second kappa shape index (κ2) is 4.92. The van der Waals surface area contributed by atoms with E-state index in [2.05, 4.69) is 34.8 Å². The van der Waals surface area contributed by atoms with Crippen molar-refractivity contribution in [3.8, 4) is 0 Å². The van der Waals surface area contributed by atoms with Gasteiger partial charge in [-0.3, -0.25) is 0 Å². The minimum Gasteiger partial charge on any atom is -0.359 e. The van der Waals surface area contributed by atoms with E-state index in [0.717, 1.165) is 23.9 Å². The molecule has 0 bridgehead atoms. The summed E-state index contributed by atoms with van der Waals surface area (Å²) in [6, 6.07) is 0. The van der Waals surface area contributed by atoms with Crippen LogP contribution in [0.25, 0.3) is 0 Å². The van der Waals surface area contributed by atoms with Crippen LogP contribution in [0.5, 0.6) is 0 Å². The Hall–Kier alpha value is -0.290. The third-order valence-corrected chi connectivity index (χ3v) is 4.99. The first-order chi connectivity index (χ1) is 7.63. The maximum Gasteiger partial charge on any atom is 0.202 e. The van der Waals surface area contributed by atoms with Gasteiger partial charge in [0.1, 0.15) is 5.82 Å². The van der Waals surface area contributed by atoms with E-state index in [9.17, 15) is 0 Å². The Balaban J connectivity index is 1.83. The lowest BCUT2D eigenvalue weighted by Gasteiger charge is -2.11. The smallest absolute Gasteiger partial charge is 0.202 e. The summed E-state index contributed by atoms with van der Waals surface area (Å²) in [5.41, 5.74) is 0. The van der Waals surface area contributed by atoms with Gasteiger partial charge in [-0.15, -0.1) is 0 Å². The molecule has 1 fully saturated rings. The van der Waals surface area contributed by atoms with E-state index in [1.165, 1.54) is 24.4 Å². The zero-order chi connectivity index (χ0) is 11.6. The van der Waals surface area contributed by atoms with E-state index in [1.807, 2.05) is 11.8 Å². The molecule has 1 heterocycles. The lowest BCUT2D eigenvalue weighted by atomic mass is 10.1. The van der Waals surface area contributed by atoms with Gasteiger partial charge in [0.15, 0.2) is 0 Å². The molecule has 16 heavy (non-hydrogen) atoms. The summed E-state index contributed by atoms with van der Waals surface area (Å²) >= 11 is 3.46. The van der Waals surface area contributed by atoms with Gasteiger partial charge in [0.05, 0.1) is 0 Å². The highest BCUT2D eigenvalue weighted by Crippen LogP contribution is 2.47. The van der Waals surface area contributed by atoms with E-state index in [-0.39, 0.29) is 0 Å². The summed E-state index contributed by atoms with van der Waals surface area (Å²) in [5, 5.41) is 4.40. The molecule has 1 aromatic rings. The van der Waals surface area contributed by atoms with Crippen molar-refractivity contribution in [2.45, 2.75) is 37.9 Å². The number of anilines is 1. The molecule has 3 nitrogen and oxygen atoms in total. The third-order valence-electron chi connectivity index (χ3n) is 2.86. The minimum absolute atomic E-state index is 0.490. The molecule has 0 radical (unpaired) electrons. The molecule has 2 rings (SSSR count). The standard InChI is InChI=1S/C11H19N3S2/c1-8(2)6-9-13-10(16-14-9)12-7-11(15-3)4-5-11/h8H,4-7H2,1-3H3,(H,12,13,14). The number of aromatic nitrogens is 2. The highest BCUT2D eigenvalue weighted by Gasteiger charge is 2.41. The van der Waals surface area contributed by atoms with Crippen LogP contribution in [0.15, 0.2) is 0 Å². The van der Waals surface area contributed by atoms with Gasteiger partial charge >= 0.3 is 0 Å². The van der Waals surface area contributed by atoms with Gasteiger partial charge in [0.2, 0.25) is 5.13 Å². The van der Waals surface area contributed by atoms with Crippen molar-refractivity contribution in [3.05, 3.63) is 5.82 Å². The van der Waals surface area contributed by atoms with E-state index in [0.29, 0.717) is 10.7 Å². The maximum atomic E-state index is 4.50. The Morgan fingerprint density at radius 1 is 1.50 bits per heavy atom. The number of thioether (sulfide) groups is 1. The van der Waals surface area contributed by atoms with Crippen molar-refractivity contribution in [1.82, 2.24) is 9.36 Å². The largest absolute Gasteiger partial charge is 0.359 e. The molecule has 0 aromatic carbocycles. The van der Waals surface area contributed by atoms with Crippen LogP contribution in [0.1, 0.15) is 32.5 Å². The monoisotopic (exact) mass is 257 g/mol. The SMILES string of the molecule is CSC1(CNc2nc(CC(C)C)ns2)CC1. The number of nitrogens with zero attached hydrogens (tertiary/aromatic N) is 2. The van der Waals surface area contributed by atoms with Gasteiger partial charge in [-0.25, -0.2) is 4.98 Å². The molecule has 0 saturated heterocycles. The van der Waals surface area contributed by atoms with Crippen LogP contribution in [-0.2, 0) is 6.42 Å². The molecule has 0 atom stereocenters. The lowest BCUT2D eigenvalue weighted by Crippen LogP contribution is -2.17. The van der Waals surface area contributed by atoms with Gasteiger partial charge in [-0.2, -0.15) is 16.1 Å². The van der Waals surface area contributed by atoms with Gasteiger partial charge in [0, 0.05) is 29.2 Å². The van der Waals surface area contributed by atoms with Gasteiger partial charge in [-0.05, 0) is 25.0 Å². The molecule has 0 spiro atoms. The molecular formula is C11H19N3S2. The Bertz CT molecular complexity index is 345. The average molecular weight is 257 g/mol. The Labute approximate surface area is 106 Å².